The van der Waals surface area contributed by atoms with E-state index in [0.29, 0.717) is 22.8 Å². The Hall–Kier alpha value is -3.54. The molecule has 0 bridgehead atoms. The molecule has 3 aromatic carbocycles. The van der Waals surface area contributed by atoms with Gasteiger partial charge in [-0.25, -0.2) is 0 Å². The van der Waals surface area contributed by atoms with Crippen LogP contribution in [0.15, 0.2) is 54.6 Å². The summed E-state index contributed by atoms with van der Waals surface area (Å²) >= 11 is 0. The molecule has 3 aromatic rings. The molecule has 1 amide bonds. The van der Waals surface area contributed by atoms with Crippen LogP contribution in [0.1, 0.15) is 28.8 Å². The van der Waals surface area contributed by atoms with E-state index in [1.807, 2.05) is 36.4 Å². The van der Waals surface area contributed by atoms with Gasteiger partial charge in [0, 0.05) is 36.6 Å². The van der Waals surface area contributed by atoms with Gasteiger partial charge in [0.2, 0.25) is 5.91 Å². The van der Waals surface area contributed by atoms with Crippen LogP contribution < -0.4 is 19.5 Å². The van der Waals surface area contributed by atoms with Crippen molar-refractivity contribution in [1.82, 2.24) is 5.32 Å². The average molecular weight is 407 g/mol. The average Bonchev–Trinajstić information content (AvgIpc) is 2.80. The van der Waals surface area contributed by atoms with Crippen LogP contribution in [-0.4, -0.2) is 33.0 Å². The van der Waals surface area contributed by atoms with E-state index >= 15 is 0 Å². The molecule has 1 N–H and O–H groups in total. The van der Waals surface area contributed by atoms with Crippen LogP contribution in [-0.2, 0) is 11.3 Å². The summed E-state index contributed by atoms with van der Waals surface area (Å²) in [5.74, 6) is 1.42. The Morgan fingerprint density at radius 3 is 2.13 bits per heavy atom. The molecule has 156 valence electrons. The van der Waals surface area contributed by atoms with Crippen LogP contribution in [0.25, 0.3) is 10.8 Å². The van der Waals surface area contributed by atoms with E-state index in [1.165, 1.54) is 0 Å². The zero-order valence-electron chi connectivity index (χ0n) is 17.4. The van der Waals surface area contributed by atoms with Crippen molar-refractivity contribution in [3.8, 4) is 17.2 Å². The van der Waals surface area contributed by atoms with Gasteiger partial charge in [0.25, 0.3) is 0 Å². The largest absolute Gasteiger partial charge is 0.496 e. The van der Waals surface area contributed by atoms with Crippen molar-refractivity contribution >= 4 is 22.5 Å². The van der Waals surface area contributed by atoms with E-state index in [-0.39, 0.29) is 31.1 Å². The number of hydrogen-bond acceptors (Lipinski definition) is 5. The van der Waals surface area contributed by atoms with Crippen LogP contribution >= 0.6 is 0 Å². The second-order valence-corrected chi connectivity index (χ2v) is 6.78. The highest BCUT2D eigenvalue weighted by Gasteiger charge is 2.14. The van der Waals surface area contributed by atoms with E-state index in [0.717, 1.165) is 16.3 Å². The Balaban J connectivity index is 1.58. The number of carbonyl (C=O) groups is 2. The van der Waals surface area contributed by atoms with E-state index in [1.54, 1.807) is 39.5 Å². The first-order chi connectivity index (χ1) is 14.5. The molecule has 6 heteroatoms. The monoisotopic (exact) mass is 407 g/mol. The second-order valence-electron chi connectivity index (χ2n) is 6.78. The molecule has 0 aliphatic heterocycles. The van der Waals surface area contributed by atoms with Gasteiger partial charge in [-0.1, -0.05) is 36.4 Å². The van der Waals surface area contributed by atoms with Gasteiger partial charge in [-0.2, -0.15) is 0 Å². The van der Waals surface area contributed by atoms with Crippen molar-refractivity contribution in [1.29, 1.82) is 0 Å². The quantitative estimate of drug-likeness (QED) is 0.540. The summed E-state index contributed by atoms with van der Waals surface area (Å²) in [5, 5.41) is 4.92. The highest BCUT2D eigenvalue weighted by molar-refractivity contribution is 6.01. The Morgan fingerprint density at radius 1 is 0.767 bits per heavy atom. The Kier molecular flexibility index (Phi) is 6.91. The summed E-state index contributed by atoms with van der Waals surface area (Å²) in [6.07, 6.45) is 0.258. The highest BCUT2D eigenvalue weighted by atomic mass is 16.5. The standard InChI is InChI=1S/C24H25NO5/c1-28-21-14-23(30-3)22(29-2)13-19(21)15-25-24(27)11-10-20(26)18-9-8-16-6-4-5-7-17(16)12-18/h4-9,12-14H,10-11,15H2,1-3H3,(H,25,27). The van der Waals surface area contributed by atoms with Crippen LogP contribution in [0.5, 0.6) is 17.2 Å². The van der Waals surface area contributed by atoms with Crippen molar-refractivity contribution in [2.75, 3.05) is 21.3 Å². The number of methoxy groups -OCH3 is 3. The summed E-state index contributed by atoms with van der Waals surface area (Å²) < 4.78 is 15.9. The highest BCUT2D eigenvalue weighted by Crippen LogP contribution is 2.34. The smallest absolute Gasteiger partial charge is 0.220 e. The summed E-state index contributed by atoms with van der Waals surface area (Å²) in [6, 6.07) is 16.9. The molecule has 0 heterocycles. The third-order valence-corrected chi connectivity index (χ3v) is 4.91. The number of Topliss-reactive ketones (excluding diaryl/α,β-unsaturated/α-hetero) is 1. The maximum atomic E-state index is 12.5. The second kappa shape index (κ2) is 9.78. The van der Waals surface area contributed by atoms with Crippen LogP contribution in [0, 0.1) is 0 Å². The Bertz CT molecular complexity index is 1060. The number of amides is 1. The van der Waals surface area contributed by atoms with E-state index in [4.69, 9.17) is 14.2 Å². The molecule has 30 heavy (non-hydrogen) atoms. The fourth-order valence-electron chi connectivity index (χ4n) is 3.25. The third-order valence-electron chi connectivity index (χ3n) is 4.91. The first-order valence-corrected chi connectivity index (χ1v) is 9.63. The number of rotatable bonds is 9. The molecule has 0 unspecified atom stereocenters. The molecule has 3 rings (SSSR count). The SMILES string of the molecule is COc1cc(OC)c(OC)cc1CNC(=O)CCC(=O)c1ccc2ccccc2c1. The molecule has 0 radical (unpaired) electrons. The van der Waals surface area contributed by atoms with E-state index in [9.17, 15) is 9.59 Å². The summed E-state index contributed by atoms with van der Waals surface area (Å²) in [7, 11) is 4.64. The van der Waals surface area contributed by atoms with E-state index < -0.39 is 0 Å². The Morgan fingerprint density at radius 2 is 1.43 bits per heavy atom. The first-order valence-electron chi connectivity index (χ1n) is 9.63. The van der Waals surface area contributed by atoms with Crippen molar-refractivity contribution in [3.05, 3.63) is 65.7 Å². The zero-order chi connectivity index (χ0) is 21.5. The molecule has 6 nitrogen and oxygen atoms in total. The summed E-state index contributed by atoms with van der Waals surface area (Å²) in [5.41, 5.74) is 1.37. The molecule has 0 aliphatic carbocycles. The van der Waals surface area contributed by atoms with Crippen molar-refractivity contribution in [2.24, 2.45) is 0 Å². The predicted octanol–water partition coefficient (Wildman–Crippen LogP) is 4.14. The van der Waals surface area contributed by atoms with Gasteiger partial charge < -0.3 is 19.5 Å². The number of ketones is 1. The molecular weight excluding hydrogens is 382 g/mol. The van der Waals surface area contributed by atoms with Crippen LogP contribution in [0.2, 0.25) is 0 Å². The lowest BCUT2D eigenvalue weighted by molar-refractivity contribution is -0.121. The maximum Gasteiger partial charge on any atom is 0.220 e. The first kappa shape index (κ1) is 21.2. The van der Waals surface area contributed by atoms with Gasteiger partial charge in [0.1, 0.15) is 5.75 Å². The van der Waals surface area contributed by atoms with Crippen LogP contribution in [0.3, 0.4) is 0 Å². The van der Waals surface area contributed by atoms with Gasteiger partial charge in [-0.05, 0) is 22.9 Å². The fourth-order valence-corrected chi connectivity index (χ4v) is 3.25. The lowest BCUT2D eigenvalue weighted by Gasteiger charge is -2.14. The molecule has 0 saturated heterocycles. The van der Waals surface area contributed by atoms with Crippen molar-refractivity contribution < 1.29 is 23.8 Å². The molecule has 0 aromatic heterocycles. The molecular formula is C24H25NO5. The van der Waals surface area contributed by atoms with Gasteiger partial charge >= 0.3 is 0 Å². The van der Waals surface area contributed by atoms with E-state index in [2.05, 4.69) is 5.32 Å². The van der Waals surface area contributed by atoms with Gasteiger partial charge in [-0.15, -0.1) is 0 Å². The third kappa shape index (κ3) is 4.89. The van der Waals surface area contributed by atoms with Crippen molar-refractivity contribution in [3.63, 3.8) is 0 Å². The minimum Gasteiger partial charge on any atom is -0.496 e. The molecule has 0 aliphatic rings. The number of benzene rings is 3. The lowest BCUT2D eigenvalue weighted by atomic mass is 10.0. The minimum absolute atomic E-state index is 0.0559. The van der Waals surface area contributed by atoms with Gasteiger partial charge in [0.05, 0.1) is 21.3 Å². The zero-order valence-corrected chi connectivity index (χ0v) is 17.4. The lowest BCUT2D eigenvalue weighted by Crippen LogP contribution is -2.23. The number of hydrogen-bond donors (Lipinski definition) is 1. The molecule has 0 atom stereocenters. The maximum absolute atomic E-state index is 12.5. The summed E-state index contributed by atoms with van der Waals surface area (Å²) in [4.78, 5) is 24.8. The number of fused-ring (bicyclic) bond motifs is 1. The molecule has 0 spiro atoms. The fraction of sp³-hybridized carbons (Fsp3) is 0.250. The normalized spacial score (nSPS) is 10.5. The topological polar surface area (TPSA) is 73.9 Å². The Labute approximate surface area is 175 Å². The van der Waals surface area contributed by atoms with Gasteiger partial charge in [0.15, 0.2) is 17.3 Å². The predicted molar refractivity (Wildman–Crippen MR) is 115 cm³/mol. The minimum atomic E-state index is -0.207. The summed E-state index contributed by atoms with van der Waals surface area (Å²) in [6.45, 7) is 0.256. The molecule has 0 saturated carbocycles. The number of ether oxygens (including phenoxy) is 3. The van der Waals surface area contributed by atoms with Gasteiger partial charge in [-0.3, -0.25) is 9.59 Å². The van der Waals surface area contributed by atoms with Crippen LogP contribution in [0.4, 0.5) is 0 Å². The molecule has 0 fully saturated rings. The van der Waals surface area contributed by atoms with Crippen molar-refractivity contribution in [2.45, 2.75) is 19.4 Å². The number of nitrogens with one attached hydrogen (secondary N) is 1. The number of carbonyl (C=O) groups excluding carboxylic acids is 2.